The van der Waals surface area contributed by atoms with Gasteiger partial charge in [0.05, 0.1) is 34.1 Å². The lowest BCUT2D eigenvalue weighted by molar-refractivity contribution is 0.324. The second-order valence-corrected chi connectivity index (χ2v) is 6.12. The third-order valence-corrected chi connectivity index (χ3v) is 4.55. The quantitative estimate of drug-likeness (QED) is 0.497. The number of aromatic nitrogens is 4. The highest BCUT2D eigenvalue weighted by atomic mass is 16.5. The Balaban J connectivity index is 1.84. The summed E-state index contributed by atoms with van der Waals surface area (Å²) in [6.45, 7) is 0. The molecule has 2 aromatic carbocycles. The predicted octanol–water partition coefficient (Wildman–Crippen LogP) is 3.49. The number of hydrogen-bond donors (Lipinski definition) is 0. The summed E-state index contributed by atoms with van der Waals surface area (Å²) in [5.41, 5.74) is 2.56. The molecule has 0 spiro atoms. The van der Waals surface area contributed by atoms with Gasteiger partial charge in [-0.2, -0.15) is 9.50 Å². The first-order valence-electron chi connectivity index (χ1n) is 8.85. The summed E-state index contributed by atoms with van der Waals surface area (Å²) in [5, 5.41) is 4.67. The number of nitrogens with zero attached hydrogens (tertiary/aromatic N) is 4. The van der Waals surface area contributed by atoms with E-state index in [1.165, 1.54) is 0 Å². The van der Waals surface area contributed by atoms with Crippen molar-refractivity contribution < 1.29 is 18.9 Å². The van der Waals surface area contributed by atoms with E-state index in [2.05, 4.69) is 15.1 Å². The number of fused-ring (bicyclic) bond motifs is 1. The fraction of sp³-hybridized carbons (Fsp3) is 0.190. The van der Waals surface area contributed by atoms with Crippen molar-refractivity contribution in [1.29, 1.82) is 0 Å². The summed E-state index contributed by atoms with van der Waals surface area (Å²) < 4.78 is 23.2. The van der Waals surface area contributed by atoms with Crippen molar-refractivity contribution in [3.63, 3.8) is 0 Å². The van der Waals surface area contributed by atoms with E-state index in [9.17, 15) is 0 Å². The van der Waals surface area contributed by atoms with Gasteiger partial charge in [0.25, 0.3) is 5.78 Å². The Hall–Kier alpha value is -3.81. The van der Waals surface area contributed by atoms with Crippen LogP contribution >= 0.6 is 0 Å². The third-order valence-electron chi connectivity index (χ3n) is 4.55. The van der Waals surface area contributed by atoms with E-state index in [1.807, 2.05) is 42.5 Å². The van der Waals surface area contributed by atoms with Gasteiger partial charge < -0.3 is 18.9 Å². The van der Waals surface area contributed by atoms with E-state index < -0.39 is 0 Å². The van der Waals surface area contributed by atoms with E-state index in [4.69, 9.17) is 18.9 Å². The van der Waals surface area contributed by atoms with Crippen molar-refractivity contribution in [3.05, 3.63) is 48.7 Å². The molecule has 4 rings (SSSR count). The van der Waals surface area contributed by atoms with Gasteiger partial charge in [-0.1, -0.05) is 0 Å². The average molecular weight is 392 g/mol. The zero-order chi connectivity index (χ0) is 20.4. The Bertz CT molecular complexity index is 1130. The fourth-order valence-corrected chi connectivity index (χ4v) is 3.11. The van der Waals surface area contributed by atoms with E-state index in [0.29, 0.717) is 28.9 Å². The zero-order valence-corrected chi connectivity index (χ0v) is 16.5. The molecule has 0 radical (unpaired) electrons. The summed E-state index contributed by atoms with van der Waals surface area (Å²) in [6, 6.07) is 13.2. The number of rotatable bonds is 6. The summed E-state index contributed by atoms with van der Waals surface area (Å²) in [7, 11) is 6.35. The minimum absolute atomic E-state index is 0.488. The molecule has 0 amide bonds. The SMILES string of the molecule is COc1ccc(-c2ccnc3nc(-c4cc(OC)c(OC)c(OC)c4)nn23)cc1. The van der Waals surface area contributed by atoms with Gasteiger partial charge in [-0.3, -0.25) is 0 Å². The molecule has 0 saturated heterocycles. The van der Waals surface area contributed by atoms with Crippen LogP contribution in [0.4, 0.5) is 0 Å². The third kappa shape index (κ3) is 3.29. The van der Waals surface area contributed by atoms with Crippen LogP contribution < -0.4 is 18.9 Å². The van der Waals surface area contributed by atoms with Crippen LogP contribution in [0.15, 0.2) is 48.7 Å². The first kappa shape index (κ1) is 18.5. The molecule has 29 heavy (non-hydrogen) atoms. The minimum atomic E-state index is 0.488. The molecule has 0 bridgehead atoms. The Labute approximate surface area is 167 Å². The van der Waals surface area contributed by atoms with Gasteiger partial charge in [0, 0.05) is 17.3 Å². The molecular weight excluding hydrogens is 372 g/mol. The molecule has 0 aliphatic carbocycles. The fourth-order valence-electron chi connectivity index (χ4n) is 3.11. The second-order valence-electron chi connectivity index (χ2n) is 6.12. The van der Waals surface area contributed by atoms with Gasteiger partial charge in [0.15, 0.2) is 17.3 Å². The maximum absolute atomic E-state index is 5.43. The van der Waals surface area contributed by atoms with Gasteiger partial charge in [-0.25, -0.2) is 4.98 Å². The van der Waals surface area contributed by atoms with Gasteiger partial charge >= 0.3 is 0 Å². The highest BCUT2D eigenvalue weighted by molar-refractivity contribution is 5.69. The van der Waals surface area contributed by atoms with Crippen LogP contribution in [-0.2, 0) is 0 Å². The normalized spacial score (nSPS) is 10.8. The van der Waals surface area contributed by atoms with Crippen LogP contribution in [0.1, 0.15) is 0 Å². The summed E-state index contributed by atoms with van der Waals surface area (Å²) in [6.07, 6.45) is 1.71. The number of ether oxygens (including phenoxy) is 4. The van der Waals surface area contributed by atoms with Crippen LogP contribution in [0.5, 0.6) is 23.0 Å². The van der Waals surface area contributed by atoms with Gasteiger partial charge in [-0.15, -0.1) is 5.10 Å². The molecule has 0 aliphatic rings. The van der Waals surface area contributed by atoms with E-state index in [-0.39, 0.29) is 0 Å². The molecule has 148 valence electrons. The second kappa shape index (κ2) is 7.67. The van der Waals surface area contributed by atoms with Crippen LogP contribution in [0.2, 0.25) is 0 Å². The number of benzene rings is 2. The van der Waals surface area contributed by atoms with Crippen LogP contribution in [0.3, 0.4) is 0 Å². The molecule has 8 heteroatoms. The van der Waals surface area contributed by atoms with Crippen molar-refractivity contribution in [3.8, 4) is 45.6 Å². The maximum atomic E-state index is 5.43. The lowest BCUT2D eigenvalue weighted by Gasteiger charge is -2.12. The van der Waals surface area contributed by atoms with Crippen molar-refractivity contribution >= 4 is 5.78 Å². The lowest BCUT2D eigenvalue weighted by atomic mass is 10.1. The molecular formula is C21H20N4O4. The Morgan fingerprint density at radius 3 is 2.03 bits per heavy atom. The van der Waals surface area contributed by atoms with Crippen molar-refractivity contribution in [2.75, 3.05) is 28.4 Å². The highest BCUT2D eigenvalue weighted by Gasteiger charge is 2.18. The molecule has 8 nitrogen and oxygen atoms in total. The van der Waals surface area contributed by atoms with E-state index >= 15 is 0 Å². The average Bonchev–Trinajstić information content (AvgIpc) is 3.22. The molecule has 2 aromatic heterocycles. The van der Waals surface area contributed by atoms with E-state index in [0.717, 1.165) is 22.6 Å². The van der Waals surface area contributed by atoms with Gasteiger partial charge in [0.2, 0.25) is 5.75 Å². The topological polar surface area (TPSA) is 80.0 Å². The van der Waals surface area contributed by atoms with Crippen LogP contribution in [0.25, 0.3) is 28.4 Å². The molecule has 0 fully saturated rings. The first-order valence-corrected chi connectivity index (χ1v) is 8.85. The molecule has 0 aliphatic heterocycles. The smallest absolute Gasteiger partial charge is 0.253 e. The van der Waals surface area contributed by atoms with Gasteiger partial charge in [0.1, 0.15) is 5.75 Å². The van der Waals surface area contributed by atoms with Crippen LogP contribution in [-0.4, -0.2) is 48.0 Å². The number of methoxy groups -OCH3 is 4. The summed E-state index contributed by atoms with van der Waals surface area (Å²) in [5.74, 6) is 3.35. The molecule has 4 aromatic rings. The van der Waals surface area contributed by atoms with Crippen molar-refractivity contribution in [2.45, 2.75) is 0 Å². The van der Waals surface area contributed by atoms with Gasteiger partial charge in [-0.05, 0) is 42.5 Å². The standard InChI is InChI=1S/C21H20N4O4/c1-26-15-7-5-13(6-8-15)16-9-10-22-21-23-20(24-25(16)21)14-11-17(27-2)19(29-4)18(12-14)28-3/h5-12H,1-4H3. The summed E-state index contributed by atoms with van der Waals surface area (Å²) in [4.78, 5) is 8.92. The highest BCUT2D eigenvalue weighted by Crippen LogP contribution is 2.40. The van der Waals surface area contributed by atoms with Crippen molar-refractivity contribution in [2.24, 2.45) is 0 Å². The van der Waals surface area contributed by atoms with Crippen molar-refractivity contribution in [1.82, 2.24) is 19.6 Å². The Morgan fingerprint density at radius 1 is 0.759 bits per heavy atom. The largest absolute Gasteiger partial charge is 0.497 e. The molecule has 2 heterocycles. The number of hydrogen-bond acceptors (Lipinski definition) is 7. The molecule has 0 N–H and O–H groups in total. The monoisotopic (exact) mass is 392 g/mol. The molecule has 0 atom stereocenters. The first-order chi connectivity index (χ1) is 14.2. The zero-order valence-electron chi connectivity index (χ0n) is 16.5. The van der Waals surface area contributed by atoms with Crippen LogP contribution in [0, 0.1) is 0 Å². The summed E-state index contributed by atoms with van der Waals surface area (Å²) >= 11 is 0. The predicted molar refractivity (Wildman–Crippen MR) is 108 cm³/mol. The minimum Gasteiger partial charge on any atom is -0.497 e. The molecule has 0 unspecified atom stereocenters. The Kier molecular flexibility index (Phi) is 4.90. The molecule has 0 saturated carbocycles. The van der Waals surface area contributed by atoms with E-state index in [1.54, 1.807) is 39.2 Å². The Morgan fingerprint density at radius 2 is 1.45 bits per heavy atom. The lowest BCUT2D eigenvalue weighted by Crippen LogP contribution is -1.97. The maximum Gasteiger partial charge on any atom is 0.253 e.